The van der Waals surface area contributed by atoms with Gasteiger partial charge in [0.15, 0.2) is 0 Å². The van der Waals surface area contributed by atoms with Crippen molar-refractivity contribution in [2.75, 3.05) is 0 Å². The van der Waals surface area contributed by atoms with E-state index in [1.807, 2.05) is 36.4 Å². The number of allylic oxidation sites excluding steroid dienone is 5. The molecule has 1 unspecified atom stereocenters. The van der Waals surface area contributed by atoms with Crippen LogP contribution in [0.2, 0.25) is 0 Å². The molecule has 2 nitrogen and oxygen atoms in total. The highest BCUT2D eigenvalue weighted by Gasteiger charge is 2.24. The van der Waals surface area contributed by atoms with Crippen LogP contribution in [0.1, 0.15) is 12.0 Å². The van der Waals surface area contributed by atoms with Gasteiger partial charge in [0.1, 0.15) is 11.9 Å². The molecule has 2 heteroatoms. The highest BCUT2D eigenvalue weighted by atomic mass is 16.5. The van der Waals surface area contributed by atoms with Crippen molar-refractivity contribution in [2.24, 2.45) is 0 Å². The molecule has 108 valence electrons. The summed E-state index contributed by atoms with van der Waals surface area (Å²) >= 11 is 0. The molecule has 1 aromatic carbocycles. The van der Waals surface area contributed by atoms with Crippen molar-refractivity contribution in [3.05, 3.63) is 96.0 Å². The average Bonchev–Trinajstić information content (AvgIpc) is 3.10. The molecule has 1 aromatic heterocycles. The largest absolute Gasteiger partial charge is 0.482 e. The zero-order valence-electron chi connectivity index (χ0n) is 12.1. The van der Waals surface area contributed by atoms with Crippen molar-refractivity contribution >= 4 is 5.57 Å². The number of rotatable bonds is 3. The third-order valence-corrected chi connectivity index (χ3v) is 3.95. The minimum atomic E-state index is -0.0720. The quantitative estimate of drug-likeness (QED) is 0.798. The van der Waals surface area contributed by atoms with E-state index < -0.39 is 0 Å². The van der Waals surface area contributed by atoms with Gasteiger partial charge in [0.2, 0.25) is 0 Å². The molecule has 0 aliphatic heterocycles. The number of hydrogen-bond donors (Lipinski definition) is 0. The highest BCUT2D eigenvalue weighted by Crippen LogP contribution is 2.35. The van der Waals surface area contributed by atoms with Gasteiger partial charge in [0.05, 0.1) is 12.5 Å². The molecule has 0 spiro atoms. The fourth-order valence-corrected chi connectivity index (χ4v) is 2.85. The lowest BCUT2D eigenvalue weighted by Gasteiger charge is -2.27. The van der Waals surface area contributed by atoms with Crippen LogP contribution >= 0.6 is 0 Å². The predicted octanol–water partition coefficient (Wildman–Crippen LogP) is 4.94. The molecule has 2 aliphatic carbocycles. The van der Waals surface area contributed by atoms with Crippen LogP contribution in [0.5, 0.6) is 5.75 Å². The van der Waals surface area contributed by atoms with Crippen LogP contribution in [-0.4, -0.2) is 6.10 Å². The van der Waals surface area contributed by atoms with E-state index in [9.17, 15) is 0 Å². The molecule has 0 bridgehead atoms. The number of hydrogen-bond acceptors (Lipinski definition) is 2. The third kappa shape index (κ3) is 2.44. The van der Waals surface area contributed by atoms with Crippen LogP contribution in [0.25, 0.3) is 5.57 Å². The molecular formula is C20H16O2. The van der Waals surface area contributed by atoms with Gasteiger partial charge < -0.3 is 9.15 Å². The fraction of sp³-hybridized carbons (Fsp3) is 0.100. The smallest absolute Gasteiger partial charge is 0.143 e. The van der Waals surface area contributed by atoms with Gasteiger partial charge >= 0.3 is 0 Å². The minimum Gasteiger partial charge on any atom is -0.482 e. The van der Waals surface area contributed by atoms with E-state index in [1.165, 1.54) is 11.1 Å². The van der Waals surface area contributed by atoms with Crippen LogP contribution in [0.4, 0.5) is 0 Å². The van der Waals surface area contributed by atoms with E-state index >= 15 is 0 Å². The molecule has 0 saturated heterocycles. The summed E-state index contributed by atoms with van der Waals surface area (Å²) in [5, 5.41) is 0. The third-order valence-electron chi connectivity index (χ3n) is 3.95. The molecule has 2 aromatic rings. The first-order chi connectivity index (χ1) is 10.9. The molecule has 22 heavy (non-hydrogen) atoms. The molecule has 1 atom stereocenters. The Bertz CT molecular complexity index is 774. The maximum absolute atomic E-state index is 6.20. The summed E-state index contributed by atoms with van der Waals surface area (Å²) in [6.45, 7) is 0. The highest BCUT2D eigenvalue weighted by molar-refractivity contribution is 5.79. The van der Waals surface area contributed by atoms with Crippen LogP contribution < -0.4 is 4.74 Å². The number of fused-ring (bicyclic) bond motifs is 1. The number of ether oxygens (including phenoxy) is 1. The van der Waals surface area contributed by atoms with Crippen molar-refractivity contribution in [1.29, 1.82) is 0 Å². The van der Waals surface area contributed by atoms with E-state index in [0.717, 1.165) is 23.3 Å². The Kier molecular flexibility index (Phi) is 3.28. The maximum atomic E-state index is 6.20. The topological polar surface area (TPSA) is 22.4 Å². The Labute approximate surface area is 129 Å². The van der Waals surface area contributed by atoms with E-state index in [2.05, 4.69) is 30.4 Å². The van der Waals surface area contributed by atoms with Gasteiger partial charge in [0.25, 0.3) is 0 Å². The normalized spacial score (nSPS) is 19.8. The first-order valence-electron chi connectivity index (χ1n) is 7.44. The molecule has 0 amide bonds. The lowest BCUT2D eigenvalue weighted by molar-refractivity contribution is 0.285. The second-order valence-corrected chi connectivity index (χ2v) is 5.41. The molecule has 2 aliphatic rings. The molecular weight excluding hydrogens is 272 g/mol. The van der Waals surface area contributed by atoms with Crippen molar-refractivity contribution in [2.45, 2.75) is 12.5 Å². The first kappa shape index (κ1) is 13.0. The van der Waals surface area contributed by atoms with Crippen LogP contribution in [-0.2, 0) is 0 Å². The average molecular weight is 288 g/mol. The van der Waals surface area contributed by atoms with Gasteiger partial charge in [-0.1, -0.05) is 42.5 Å². The summed E-state index contributed by atoms with van der Waals surface area (Å²) in [6, 6.07) is 11.9. The lowest BCUT2D eigenvalue weighted by Crippen LogP contribution is -2.22. The van der Waals surface area contributed by atoms with E-state index in [0.29, 0.717) is 0 Å². The Morgan fingerprint density at radius 2 is 2.00 bits per heavy atom. The first-order valence-corrected chi connectivity index (χ1v) is 7.44. The number of benzene rings is 1. The van der Waals surface area contributed by atoms with Gasteiger partial charge in [-0.2, -0.15) is 0 Å². The lowest BCUT2D eigenvalue weighted by atomic mass is 9.85. The number of furan rings is 1. The summed E-state index contributed by atoms with van der Waals surface area (Å²) in [5.74, 6) is 0.881. The summed E-state index contributed by atoms with van der Waals surface area (Å²) in [6.07, 6.45) is 15.2. The van der Waals surface area contributed by atoms with Crippen molar-refractivity contribution in [1.82, 2.24) is 0 Å². The molecule has 0 radical (unpaired) electrons. The summed E-state index contributed by atoms with van der Waals surface area (Å²) in [4.78, 5) is 0. The molecule has 0 fully saturated rings. The van der Waals surface area contributed by atoms with Gasteiger partial charge in [-0.15, -0.1) is 0 Å². The zero-order valence-corrected chi connectivity index (χ0v) is 12.1. The standard InChI is InChI=1S/C20H16O2/c1-2-7-18(8-3-1)22-20-13-17(16-10-11-21-14-16)12-15-6-4-5-9-19(15)20/h1-5,7-14,20H,6H2. The molecule has 4 rings (SSSR count). The van der Waals surface area contributed by atoms with E-state index in [1.54, 1.807) is 12.5 Å². The number of para-hydroxylation sites is 1. The van der Waals surface area contributed by atoms with Gasteiger partial charge in [-0.3, -0.25) is 0 Å². The van der Waals surface area contributed by atoms with Gasteiger partial charge in [-0.05, 0) is 47.4 Å². The Balaban J connectivity index is 1.72. The maximum Gasteiger partial charge on any atom is 0.143 e. The summed E-state index contributed by atoms with van der Waals surface area (Å²) in [5.41, 5.74) is 4.78. The second-order valence-electron chi connectivity index (χ2n) is 5.41. The summed E-state index contributed by atoms with van der Waals surface area (Å²) in [7, 11) is 0. The molecule has 0 saturated carbocycles. The van der Waals surface area contributed by atoms with Crippen molar-refractivity contribution in [3.63, 3.8) is 0 Å². The Morgan fingerprint density at radius 1 is 1.09 bits per heavy atom. The minimum absolute atomic E-state index is 0.0720. The predicted molar refractivity (Wildman–Crippen MR) is 87.5 cm³/mol. The zero-order chi connectivity index (χ0) is 14.8. The van der Waals surface area contributed by atoms with Crippen LogP contribution in [0.15, 0.2) is 94.9 Å². The monoisotopic (exact) mass is 288 g/mol. The molecule has 1 heterocycles. The van der Waals surface area contributed by atoms with Crippen LogP contribution in [0.3, 0.4) is 0 Å². The Hall–Kier alpha value is -2.74. The summed E-state index contributed by atoms with van der Waals surface area (Å²) < 4.78 is 11.4. The van der Waals surface area contributed by atoms with Crippen molar-refractivity contribution in [3.8, 4) is 5.75 Å². The second kappa shape index (κ2) is 5.57. The fourth-order valence-electron chi connectivity index (χ4n) is 2.85. The van der Waals surface area contributed by atoms with E-state index in [4.69, 9.17) is 9.15 Å². The van der Waals surface area contributed by atoms with Crippen molar-refractivity contribution < 1.29 is 9.15 Å². The SMILES string of the molecule is C1=CCC2=CC(c3ccoc3)=CC(Oc3ccccc3)C2=C1. The van der Waals surface area contributed by atoms with Crippen LogP contribution in [0, 0.1) is 0 Å². The van der Waals surface area contributed by atoms with Gasteiger partial charge in [0, 0.05) is 5.56 Å². The van der Waals surface area contributed by atoms with E-state index in [-0.39, 0.29) is 6.10 Å². The van der Waals surface area contributed by atoms with Gasteiger partial charge in [-0.25, -0.2) is 0 Å². The molecule has 0 N–H and O–H groups in total. The Morgan fingerprint density at radius 3 is 2.82 bits per heavy atom.